The van der Waals surface area contributed by atoms with Crippen molar-refractivity contribution in [2.45, 2.75) is 44.3 Å². The second-order valence-corrected chi connectivity index (χ2v) is 6.37. The van der Waals surface area contributed by atoms with Gasteiger partial charge in [0.25, 0.3) is 0 Å². The number of nitrogens with zero attached hydrogens (tertiary/aromatic N) is 1. The molecule has 2 fully saturated rings. The zero-order chi connectivity index (χ0) is 16.4. The van der Waals surface area contributed by atoms with E-state index in [0.29, 0.717) is 12.2 Å². The molecular weight excluding hydrogens is 302 g/mol. The summed E-state index contributed by atoms with van der Waals surface area (Å²) in [6, 6.07) is 3.92. The molecule has 3 unspecified atom stereocenters. The van der Waals surface area contributed by atoms with Crippen LogP contribution in [0.3, 0.4) is 0 Å². The van der Waals surface area contributed by atoms with Crippen molar-refractivity contribution in [2.24, 2.45) is 0 Å². The highest BCUT2D eigenvalue weighted by Crippen LogP contribution is 2.19. The van der Waals surface area contributed by atoms with Crippen molar-refractivity contribution < 1.29 is 13.6 Å². The first-order valence-corrected chi connectivity index (χ1v) is 8.04. The Labute approximate surface area is 134 Å². The Morgan fingerprint density at radius 3 is 2.83 bits per heavy atom. The zero-order valence-electron chi connectivity index (χ0n) is 13.1. The van der Waals surface area contributed by atoms with Crippen molar-refractivity contribution in [1.82, 2.24) is 15.8 Å². The number of hydrazine groups is 1. The van der Waals surface area contributed by atoms with Gasteiger partial charge in [0.1, 0.15) is 6.04 Å². The molecule has 1 aromatic rings. The van der Waals surface area contributed by atoms with Crippen molar-refractivity contribution in [1.29, 1.82) is 0 Å². The molecule has 0 saturated carbocycles. The Kier molecular flexibility index (Phi) is 4.77. The van der Waals surface area contributed by atoms with Gasteiger partial charge in [0.05, 0.1) is 0 Å². The molecule has 7 heteroatoms. The third-order valence-corrected chi connectivity index (χ3v) is 4.41. The van der Waals surface area contributed by atoms with Crippen molar-refractivity contribution in [3.8, 4) is 0 Å². The minimum absolute atomic E-state index is 0.0457. The molecule has 3 rings (SSSR count). The summed E-state index contributed by atoms with van der Waals surface area (Å²) in [5, 5.41) is 3.20. The molecule has 0 radical (unpaired) electrons. The molecule has 126 valence electrons. The second kappa shape index (κ2) is 6.80. The van der Waals surface area contributed by atoms with Crippen LogP contribution in [0.4, 0.5) is 14.5 Å². The molecule has 2 aliphatic rings. The van der Waals surface area contributed by atoms with E-state index in [1.165, 1.54) is 6.07 Å². The molecule has 1 aromatic carbocycles. The predicted octanol–water partition coefficient (Wildman–Crippen LogP) is 1.62. The molecular formula is C16H22F2N4O. The fourth-order valence-corrected chi connectivity index (χ4v) is 3.21. The summed E-state index contributed by atoms with van der Waals surface area (Å²) in [7, 11) is 0. The van der Waals surface area contributed by atoms with Crippen LogP contribution in [0.15, 0.2) is 18.2 Å². The fourth-order valence-electron chi connectivity index (χ4n) is 3.21. The molecule has 2 saturated heterocycles. The molecule has 2 heterocycles. The average molecular weight is 324 g/mol. The third kappa shape index (κ3) is 3.79. The zero-order valence-corrected chi connectivity index (χ0v) is 13.1. The van der Waals surface area contributed by atoms with Gasteiger partial charge in [-0.2, -0.15) is 0 Å². The summed E-state index contributed by atoms with van der Waals surface area (Å²) in [5.41, 5.74) is 6.63. The Morgan fingerprint density at radius 2 is 2.13 bits per heavy atom. The Balaban J connectivity index is 1.59. The number of hydrogen-bond donors (Lipinski definition) is 3. The topological polar surface area (TPSA) is 56.4 Å². The van der Waals surface area contributed by atoms with Gasteiger partial charge in [-0.1, -0.05) is 0 Å². The van der Waals surface area contributed by atoms with Gasteiger partial charge in [-0.15, -0.1) is 0 Å². The Morgan fingerprint density at radius 1 is 1.30 bits per heavy atom. The maximum absolute atomic E-state index is 13.3. The molecule has 2 aliphatic heterocycles. The number of piperidine rings is 1. The quantitative estimate of drug-likeness (QED) is 0.791. The normalized spacial score (nSPS) is 28.0. The fraction of sp³-hybridized carbons (Fsp3) is 0.562. The molecule has 0 bridgehead atoms. The summed E-state index contributed by atoms with van der Waals surface area (Å²) in [4.78, 5) is 14.4. The number of benzene rings is 1. The molecule has 3 N–H and O–H groups in total. The number of likely N-dealkylation sites (tertiary alicyclic amines) is 1. The van der Waals surface area contributed by atoms with E-state index >= 15 is 0 Å². The highest BCUT2D eigenvalue weighted by atomic mass is 19.2. The molecule has 3 atom stereocenters. The first-order valence-electron chi connectivity index (χ1n) is 8.04. The van der Waals surface area contributed by atoms with Crippen LogP contribution in [0.25, 0.3) is 0 Å². The monoisotopic (exact) mass is 324 g/mol. The Hall–Kier alpha value is -1.73. The number of rotatable bonds is 3. The van der Waals surface area contributed by atoms with Crippen LogP contribution in [0.1, 0.15) is 26.2 Å². The SMILES string of the molecule is CC1CC(C(=O)N2CCCC(Nc3ccc(F)c(F)c3)C2)NN1. The molecule has 0 aromatic heterocycles. The highest BCUT2D eigenvalue weighted by molar-refractivity contribution is 5.82. The maximum atomic E-state index is 13.3. The van der Waals surface area contributed by atoms with E-state index in [0.717, 1.165) is 37.9 Å². The van der Waals surface area contributed by atoms with Crippen LogP contribution in [-0.2, 0) is 4.79 Å². The van der Waals surface area contributed by atoms with E-state index in [2.05, 4.69) is 16.2 Å². The molecule has 1 amide bonds. The summed E-state index contributed by atoms with van der Waals surface area (Å²) >= 11 is 0. The van der Waals surface area contributed by atoms with Gasteiger partial charge in [0, 0.05) is 36.9 Å². The Bertz CT molecular complexity index is 583. The van der Waals surface area contributed by atoms with E-state index in [-0.39, 0.29) is 24.0 Å². The summed E-state index contributed by atoms with van der Waals surface area (Å²) in [6.45, 7) is 3.34. The number of hydrogen-bond acceptors (Lipinski definition) is 4. The van der Waals surface area contributed by atoms with Crippen molar-refractivity contribution in [3.05, 3.63) is 29.8 Å². The lowest BCUT2D eigenvalue weighted by atomic mass is 10.0. The first kappa shape index (κ1) is 16.1. The van der Waals surface area contributed by atoms with Gasteiger partial charge in [0.2, 0.25) is 5.91 Å². The molecule has 0 spiro atoms. The standard InChI is InChI=1S/C16H22F2N4O/c1-10-7-15(21-20-10)16(23)22-6-2-3-12(9-22)19-11-4-5-13(17)14(18)8-11/h4-5,8,10,12,15,19-21H,2-3,6-7,9H2,1H3. The van der Waals surface area contributed by atoms with E-state index < -0.39 is 11.6 Å². The largest absolute Gasteiger partial charge is 0.380 e. The number of carbonyl (C=O) groups is 1. The van der Waals surface area contributed by atoms with E-state index in [1.807, 2.05) is 11.8 Å². The van der Waals surface area contributed by atoms with Gasteiger partial charge < -0.3 is 10.2 Å². The van der Waals surface area contributed by atoms with E-state index in [4.69, 9.17) is 0 Å². The lowest BCUT2D eigenvalue weighted by molar-refractivity contribution is -0.134. The van der Waals surface area contributed by atoms with Gasteiger partial charge in [-0.05, 0) is 38.3 Å². The van der Waals surface area contributed by atoms with Crippen LogP contribution in [0.2, 0.25) is 0 Å². The highest BCUT2D eigenvalue weighted by Gasteiger charge is 2.32. The van der Waals surface area contributed by atoms with Crippen LogP contribution < -0.4 is 16.2 Å². The lowest BCUT2D eigenvalue weighted by Gasteiger charge is -2.35. The van der Waals surface area contributed by atoms with Gasteiger partial charge >= 0.3 is 0 Å². The van der Waals surface area contributed by atoms with E-state index in [1.54, 1.807) is 0 Å². The molecule has 5 nitrogen and oxygen atoms in total. The first-order chi connectivity index (χ1) is 11.0. The van der Waals surface area contributed by atoms with E-state index in [9.17, 15) is 13.6 Å². The summed E-state index contributed by atoms with van der Waals surface area (Å²) in [6.07, 6.45) is 2.56. The van der Waals surface area contributed by atoms with Crippen LogP contribution in [0.5, 0.6) is 0 Å². The van der Waals surface area contributed by atoms with Crippen molar-refractivity contribution >= 4 is 11.6 Å². The second-order valence-electron chi connectivity index (χ2n) is 6.37. The minimum Gasteiger partial charge on any atom is -0.380 e. The van der Waals surface area contributed by atoms with Crippen molar-refractivity contribution in [2.75, 3.05) is 18.4 Å². The van der Waals surface area contributed by atoms with Gasteiger partial charge in [-0.25, -0.2) is 14.2 Å². The van der Waals surface area contributed by atoms with Crippen LogP contribution in [-0.4, -0.2) is 42.0 Å². The number of amides is 1. The van der Waals surface area contributed by atoms with Gasteiger partial charge in [-0.3, -0.25) is 10.2 Å². The third-order valence-electron chi connectivity index (χ3n) is 4.41. The number of anilines is 1. The van der Waals surface area contributed by atoms with Crippen molar-refractivity contribution in [3.63, 3.8) is 0 Å². The predicted molar refractivity (Wildman–Crippen MR) is 83.7 cm³/mol. The molecule has 0 aliphatic carbocycles. The number of nitrogens with one attached hydrogen (secondary N) is 3. The summed E-state index contributed by atoms with van der Waals surface area (Å²) < 4.78 is 26.3. The summed E-state index contributed by atoms with van der Waals surface area (Å²) in [5.74, 6) is -1.63. The number of halogens is 2. The number of carbonyl (C=O) groups excluding carboxylic acids is 1. The molecule has 23 heavy (non-hydrogen) atoms. The average Bonchev–Trinajstić information content (AvgIpc) is 2.97. The van der Waals surface area contributed by atoms with Crippen LogP contribution in [0, 0.1) is 11.6 Å². The smallest absolute Gasteiger partial charge is 0.241 e. The van der Waals surface area contributed by atoms with Crippen LogP contribution >= 0.6 is 0 Å². The lowest BCUT2D eigenvalue weighted by Crippen LogP contribution is -2.51. The maximum Gasteiger partial charge on any atom is 0.241 e. The minimum atomic E-state index is -0.867. The van der Waals surface area contributed by atoms with Gasteiger partial charge in [0.15, 0.2) is 11.6 Å².